The summed E-state index contributed by atoms with van der Waals surface area (Å²) in [5, 5.41) is 6.91. The van der Waals surface area contributed by atoms with Crippen molar-refractivity contribution in [3.63, 3.8) is 0 Å². The highest BCUT2D eigenvalue weighted by molar-refractivity contribution is 6.42. The predicted molar refractivity (Wildman–Crippen MR) is 93.2 cm³/mol. The number of nitrogens with one attached hydrogen (secondary N) is 2. The molecule has 6 heteroatoms. The lowest BCUT2D eigenvalue weighted by atomic mass is 10.1. The number of nitrogens with two attached hydrogens (primary N) is 1. The SMILES string of the molecule is CC(C)NC(=O)c1ccc(Nc2ccc(Cl)c(Cl)c2)c(N)c1. The van der Waals surface area contributed by atoms with Gasteiger partial charge in [0.25, 0.3) is 5.91 Å². The fourth-order valence-corrected chi connectivity index (χ4v) is 2.19. The molecule has 2 rings (SSSR count). The van der Waals surface area contributed by atoms with Gasteiger partial charge in [0.1, 0.15) is 0 Å². The van der Waals surface area contributed by atoms with Crippen molar-refractivity contribution < 1.29 is 4.79 Å². The van der Waals surface area contributed by atoms with Gasteiger partial charge in [-0.25, -0.2) is 0 Å². The van der Waals surface area contributed by atoms with E-state index in [1.807, 2.05) is 13.8 Å². The van der Waals surface area contributed by atoms with E-state index in [0.29, 0.717) is 27.0 Å². The summed E-state index contributed by atoms with van der Waals surface area (Å²) in [6.45, 7) is 3.81. The normalized spacial score (nSPS) is 10.6. The van der Waals surface area contributed by atoms with Gasteiger partial charge in [-0.3, -0.25) is 4.79 Å². The van der Waals surface area contributed by atoms with Crippen molar-refractivity contribution in [2.75, 3.05) is 11.1 Å². The minimum absolute atomic E-state index is 0.0720. The van der Waals surface area contributed by atoms with Crippen LogP contribution in [0.15, 0.2) is 36.4 Å². The van der Waals surface area contributed by atoms with E-state index in [4.69, 9.17) is 28.9 Å². The van der Waals surface area contributed by atoms with Gasteiger partial charge >= 0.3 is 0 Å². The van der Waals surface area contributed by atoms with Crippen LogP contribution in [0.3, 0.4) is 0 Å². The Bertz CT molecular complexity index is 702. The molecule has 0 heterocycles. The lowest BCUT2D eigenvalue weighted by molar-refractivity contribution is 0.0943. The average Bonchev–Trinajstić information content (AvgIpc) is 2.44. The molecule has 2 aromatic carbocycles. The summed E-state index contributed by atoms with van der Waals surface area (Å²) in [4.78, 5) is 11.9. The average molecular weight is 338 g/mol. The predicted octanol–water partition coefficient (Wildman–Crippen LogP) is 4.46. The van der Waals surface area contributed by atoms with Gasteiger partial charge in [-0.2, -0.15) is 0 Å². The van der Waals surface area contributed by atoms with Crippen molar-refractivity contribution in [3.8, 4) is 0 Å². The van der Waals surface area contributed by atoms with Gasteiger partial charge in [0.15, 0.2) is 0 Å². The first-order valence-electron chi connectivity index (χ1n) is 6.79. The fraction of sp³-hybridized carbons (Fsp3) is 0.188. The highest BCUT2D eigenvalue weighted by Gasteiger charge is 2.09. The van der Waals surface area contributed by atoms with Gasteiger partial charge < -0.3 is 16.4 Å². The van der Waals surface area contributed by atoms with Crippen LogP contribution in [-0.4, -0.2) is 11.9 Å². The first kappa shape index (κ1) is 16.5. The molecular formula is C16H17Cl2N3O. The number of anilines is 3. The smallest absolute Gasteiger partial charge is 0.251 e. The molecule has 4 nitrogen and oxygen atoms in total. The molecule has 1 amide bonds. The zero-order valence-corrected chi connectivity index (χ0v) is 13.8. The number of hydrogen-bond donors (Lipinski definition) is 3. The minimum Gasteiger partial charge on any atom is -0.397 e. The molecule has 4 N–H and O–H groups in total. The largest absolute Gasteiger partial charge is 0.397 e. The Morgan fingerprint density at radius 3 is 2.41 bits per heavy atom. The maximum Gasteiger partial charge on any atom is 0.251 e. The Hall–Kier alpha value is -1.91. The van der Waals surface area contributed by atoms with Crippen LogP contribution in [0.1, 0.15) is 24.2 Å². The summed E-state index contributed by atoms with van der Waals surface area (Å²) in [6, 6.07) is 10.4. The third-order valence-electron chi connectivity index (χ3n) is 2.93. The van der Waals surface area contributed by atoms with Crippen molar-refractivity contribution in [2.24, 2.45) is 0 Å². The second-order valence-electron chi connectivity index (χ2n) is 5.18. The van der Waals surface area contributed by atoms with Crippen molar-refractivity contribution in [2.45, 2.75) is 19.9 Å². The van der Waals surface area contributed by atoms with Gasteiger partial charge in [0.05, 0.1) is 21.4 Å². The highest BCUT2D eigenvalue weighted by atomic mass is 35.5. The van der Waals surface area contributed by atoms with E-state index in [-0.39, 0.29) is 11.9 Å². The van der Waals surface area contributed by atoms with Gasteiger partial charge in [-0.1, -0.05) is 23.2 Å². The van der Waals surface area contributed by atoms with Crippen LogP contribution in [0.25, 0.3) is 0 Å². The summed E-state index contributed by atoms with van der Waals surface area (Å²) in [5.74, 6) is -0.150. The Balaban J connectivity index is 2.19. The van der Waals surface area contributed by atoms with Gasteiger partial charge in [0.2, 0.25) is 0 Å². The quantitative estimate of drug-likeness (QED) is 0.721. The number of benzene rings is 2. The summed E-state index contributed by atoms with van der Waals surface area (Å²) in [7, 11) is 0. The number of carbonyl (C=O) groups is 1. The third kappa shape index (κ3) is 4.06. The zero-order valence-electron chi connectivity index (χ0n) is 12.3. The molecular weight excluding hydrogens is 321 g/mol. The van der Waals surface area contributed by atoms with Crippen molar-refractivity contribution in [1.29, 1.82) is 0 Å². The van der Waals surface area contributed by atoms with Crippen LogP contribution >= 0.6 is 23.2 Å². The number of amides is 1. The maximum absolute atomic E-state index is 11.9. The van der Waals surface area contributed by atoms with E-state index in [9.17, 15) is 4.79 Å². The number of carbonyl (C=O) groups excluding carboxylic acids is 1. The first-order chi connectivity index (χ1) is 10.4. The second-order valence-corrected chi connectivity index (χ2v) is 6.00. The van der Waals surface area contributed by atoms with E-state index >= 15 is 0 Å². The summed E-state index contributed by atoms with van der Waals surface area (Å²) < 4.78 is 0. The zero-order chi connectivity index (χ0) is 16.3. The molecule has 0 saturated heterocycles. The van der Waals surface area contributed by atoms with E-state index < -0.39 is 0 Å². The topological polar surface area (TPSA) is 67.2 Å². The Morgan fingerprint density at radius 1 is 1.09 bits per heavy atom. The van der Waals surface area contributed by atoms with Crippen LogP contribution in [0.2, 0.25) is 10.0 Å². The van der Waals surface area contributed by atoms with Gasteiger partial charge in [-0.05, 0) is 50.2 Å². The Labute approximate surface area is 139 Å². The number of hydrogen-bond acceptors (Lipinski definition) is 3. The van der Waals surface area contributed by atoms with Crippen molar-refractivity contribution >= 4 is 46.2 Å². The van der Waals surface area contributed by atoms with Gasteiger partial charge in [-0.15, -0.1) is 0 Å². The maximum atomic E-state index is 11.9. The number of rotatable bonds is 4. The molecule has 0 aliphatic rings. The summed E-state index contributed by atoms with van der Waals surface area (Å²) in [6.07, 6.45) is 0. The Kier molecular flexibility index (Phi) is 5.16. The van der Waals surface area contributed by atoms with Crippen molar-refractivity contribution in [1.82, 2.24) is 5.32 Å². The van der Waals surface area contributed by atoms with Gasteiger partial charge in [0, 0.05) is 17.3 Å². The molecule has 0 atom stereocenters. The molecule has 0 bridgehead atoms. The van der Waals surface area contributed by atoms with Crippen molar-refractivity contribution in [3.05, 3.63) is 52.0 Å². The number of nitrogen functional groups attached to an aromatic ring is 1. The lowest BCUT2D eigenvalue weighted by Gasteiger charge is -2.13. The van der Waals surface area contributed by atoms with E-state index in [2.05, 4.69) is 10.6 Å². The standard InChI is InChI=1S/C16H17Cl2N3O/c1-9(2)20-16(22)10-3-6-15(14(19)7-10)21-11-4-5-12(17)13(18)8-11/h3-9,21H,19H2,1-2H3,(H,20,22). The molecule has 0 unspecified atom stereocenters. The van der Waals surface area contributed by atoms with Crippen LogP contribution in [0.4, 0.5) is 17.1 Å². The molecule has 0 aliphatic heterocycles. The molecule has 116 valence electrons. The van der Waals surface area contributed by atoms with Crippen LogP contribution in [0, 0.1) is 0 Å². The fourth-order valence-electron chi connectivity index (χ4n) is 1.89. The highest BCUT2D eigenvalue weighted by Crippen LogP contribution is 2.29. The number of halogens is 2. The van der Waals surface area contributed by atoms with E-state index in [1.54, 1.807) is 36.4 Å². The lowest BCUT2D eigenvalue weighted by Crippen LogP contribution is -2.30. The molecule has 0 spiro atoms. The molecule has 2 aromatic rings. The minimum atomic E-state index is -0.150. The van der Waals surface area contributed by atoms with E-state index in [0.717, 1.165) is 5.69 Å². The molecule has 0 saturated carbocycles. The summed E-state index contributed by atoms with van der Waals surface area (Å²) >= 11 is 11.9. The Morgan fingerprint density at radius 2 is 1.82 bits per heavy atom. The first-order valence-corrected chi connectivity index (χ1v) is 7.55. The molecule has 0 aromatic heterocycles. The second kappa shape index (κ2) is 6.90. The summed E-state index contributed by atoms with van der Waals surface area (Å²) in [5.41, 5.74) is 8.46. The monoisotopic (exact) mass is 337 g/mol. The molecule has 0 fully saturated rings. The third-order valence-corrected chi connectivity index (χ3v) is 3.67. The molecule has 22 heavy (non-hydrogen) atoms. The van der Waals surface area contributed by atoms with Crippen LogP contribution < -0.4 is 16.4 Å². The molecule has 0 radical (unpaired) electrons. The molecule has 0 aliphatic carbocycles. The van der Waals surface area contributed by atoms with Crippen LogP contribution in [-0.2, 0) is 0 Å². The van der Waals surface area contributed by atoms with Crippen LogP contribution in [0.5, 0.6) is 0 Å². The van der Waals surface area contributed by atoms with E-state index in [1.165, 1.54) is 0 Å².